The Hall–Kier alpha value is -3.07. The second kappa shape index (κ2) is 9.42. The lowest BCUT2D eigenvalue weighted by Crippen LogP contribution is -2.39. The number of methoxy groups -OCH3 is 2. The number of anilines is 1. The molecule has 29 heavy (non-hydrogen) atoms. The van der Waals surface area contributed by atoms with Crippen LogP contribution in [0.25, 0.3) is 0 Å². The fourth-order valence-corrected chi connectivity index (χ4v) is 3.89. The average Bonchev–Trinajstić information content (AvgIpc) is 2.66. The number of sulfonamides is 1. The Morgan fingerprint density at radius 3 is 2.28 bits per heavy atom. The summed E-state index contributed by atoms with van der Waals surface area (Å²) in [4.78, 5) is 12.4. The summed E-state index contributed by atoms with van der Waals surface area (Å²) in [6.45, 7) is 3.20. The average molecular weight is 420 g/mol. The van der Waals surface area contributed by atoms with Crippen molar-refractivity contribution in [1.82, 2.24) is 5.43 Å². The normalized spacial score (nSPS) is 11.3. The number of aryl methyl sites for hydroxylation is 2. The molecule has 0 bridgehead atoms. The molecule has 0 saturated carbocycles. The summed E-state index contributed by atoms with van der Waals surface area (Å²) in [5.41, 5.74) is 4.96. The number of nitrogens with one attached hydrogen (secondary N) is 1. The second-order valence-corrected chi connectivity index (χ2v) is 8.29. The van der Waals surface area contributed by atoms with Crippen LogP contribution in [-0.2, 0) is 14.8 Å². The van der Waals surface area contributed by atoms with Crippen LogP contribution in [0.15, 0.2) is 41.5 Å². The van der Waals surface area contributed by atoms with Crippen LogP contribution in [0.4, 0.5) is 5.69 Å². The number of rotatable bonds is 8. The van der Waals surface area contributed by atoms with Crippen molar-refractivity contribution in [2.45, 2.75) is 13.8 Å². The number of benzene rings is 2. The highest BCUT2D eigenvalue weighted by atomic mass is 32.2. The first-order valence-electron chi connectivity index (χ1n) is 8.75. The quantitative estimate of drug-likeness (QED) is 0.523. The van der Waals surface area contributed by atoms with Gasteiger partial charge in [-0.15, -0.1) is 0 Å². The molecule has 1 N–H and O–H groups in total. The molecule has 0 aromatic heterocycles. The lowest BCUT2D eigenvalue weighted by molar-refractivity contribution is -0.119. The molecule has 0 heterocycles. The molecule has 156 valence electrons. The number of nitrogens with zero attached hydrogens (tertiary/aromatic N) is 2. The van der Waals surface area contributed by atoms with Gasteiger partial charge in [-0.05, 0) is 37.1 Å². The maximum atomic E-state index is 12.4. The first kappa shape index (κ1) is 22.2. The Balaban J connectivity index is 2.19. The minimum atomic E-state index is -3.67. The molecular formula is C20H25N3O5S. The fourth-order valence-electron chi connectivity index (χ4n) is 2.91. The summed E-state index contributed by atoms with van der Waals surface area (Å²) in [5, 5.41) is 3.92. The van der Waals surface area contributed by atoms with E-state index in [4.69, 9.17) is 9.47 Å². The van der Waals surface area contributed by atoms with Gasteiger partial charge >= 0.3 is 0 Å². The van der Waals surface area contributed by atoms with Crippen molar-refractivity contribution < 1.29 is 22.7 Å². The van der Waals surface area contributed by atoms with E-state index in [1.165, 1.54) is 20.4 Å². The molecule has 0 aliphatic rings. The Morgan fingerprint density at radius 2 is 1.72 bits per heavy atom. The van der Waals surface area contributed by atoms with Crippen molar-refractivity contribution >= 4 is 27.8 Å². The predicted octanol–water partition coefficient (Wildman–Crippen LogP) is 2.24. The maximum absolute atomic E-state index is 12.4. The van der Waals surface area contributed by atoms with Gasteiger partial charge in [0.1, 0.15) is 6.54 Å². The number of carbonyl (C=O) groups is 1. The van der Waals surface area contributed by atoms with Gasteiger partial charge in [0, 0.05) is 5.56 Å². The zero-order valence-electron chi connectivity index (χ0n) is 17.1. The molecular weight excluding hydrogens is 394 g/mol. The van der Waals surface area contributed by atoms with Gasteiger partial charge in [-0.25, -0.2) is 13.8 Å². The monoisotopic (exact) mass is 419 g/mol. The summed E-state index contributed by atoms with van der Waals surface area (Å²) < 4.78 is 36.2. The predicted molar refractivity (Wildman–Crippen MR) is 113 cm³/mol. The molecule has 2 rings (SSSR count). The van der Waals surface area contributed by atoms with Gasteiger partial charge in [-0.3, -0.25) is 9.10 Å². The largest absolute Gasteiger partial charge is 0.493 e. The number of hydrogen-bond donors (Lipinski definition) is 1. The van der Waals surface area contributed by atoms with Crippen molar-refractivity contribution in [2.75, 3.05) is 31.3 Å². The highest BCUT2D eigenvalue weighted by Crippen LogP contribution is 2.29. The number of hydrogen-bond acceptors (Lipinski definition) is 6. The number of amides is 1. The lowest BCUT2D eigenvalue weighted by atomic mass is 10.1. The summed E-state index contributed by atoms with van der Waals surface area (Å²) in [7, 11) is -0.647. The Bertz CT molecular complexity index is 999. The topological polar surface area (TPSA) is 97.3 Å². The van der Waals surface area contributed by atoms with Crippen LogP contribution < -0.4 is 19.2 Å². The third-order valence-corrected chi connectivity index (χ3v) is 5.32. The van der Waals surface area contributed by atoms with Gasteiger partial charge in [-0.2, -0.15) is 5.10 Å². The van der Waals surface area contributed by atoms with Gasteiger partial charge in [0.25, 0.3) is 5.91 Å². The molecule has 8 nitrogen and oxygen atoms in total. The summed E-state index contributed by atoms with van der Waals surface area (Å²) >= 11 is 0. The van der Waals surface area contributed by atoms with E-state index in [9.17, 15) is 13.2 Å². The first-order chi connectivity index (χ1) is 13.7. The molecule has 0 atom stereocenters. The van der Waals surface area contributed by atoms with Crippen molar-refractivity contribution in [3.63, 3.8) is 0 Å². The fraction of sp³-hybridized carbons (Fsp3) is 0.300. The smallest absolute Gasteiger partial charge is 0.260 e. The van der Waals surface area contributed by atoms with E-state index < -0.39 is 22.5 Å². The molecule has 0 spiro atoms. The SMILES string of the molecule is COc1cccc(/C=N\NC(=O)CN(c2c(C)cccc2C)S(C)(=O)=O)c1OC. The molecule has 0 aliphatic carbocycles. The van der Waals surface area contributed by atoms with E-state index in [0.717, 1.165) is 21.7 Å². The van der Waals surface area contributed by atoms with Gasteiger partial charge in [-0.1, -0.05) is 24.3 Å². The summed E-state index contributed by atoms with van der Waals surface area (Å²) in [5.74, 6) is 0.429. The van der Waals surface area contributed by atoms with Crippen LogP contribution in [0.3, 0.4) is 0 Å². The zero-order chi connectivity index (χ0) is 21.6. The number of carbonyl (C=O) groups excluding carboxylic acids is 1. The standard InChI is InChI=1S/C20H25N3O5S/c1-14-8-6-9-15(2)19(14)23(29(5,25)26)13-18(24)22-21-12-16-10-7-11-17(27-3)20(16)28-4/h6-12H,13H2,1-5H3,(H,22,24)/b21-12-. The van der Waals surface area contributed by atoms with Crippen molar-refractivity contribution in [2.24, 2.45) is 5.10 Å². The minimum absolute atomic E-state index is 0.392. The van der Waals surface area contributed by atoms with Crippen molar-refractivity contribution in [1.29, 1.82) is 0 Å². The molecule has 2 aromatic carbocycles. The van der Waals surface area contributed by atoms with Gasteiger partial charge < -0.3 is 9.47 Å². The molecule has 2 aromatic rings. The third-order valence-electron chi connectivity index (χ3n) is 4.20. The van der Waals surface area contributed by atoms with Crippen molar-refractivity contribution in [3.05, 3.63) is 53.1 Å². The Morgan fingerprint density at radius 1 is 1.10 bits per heavy atom. The minimum Gasteiger partial charge on any atom is -0.493 e. The lowest BCUT2D eigenvalue weighted by Gasteiger charge is -2.25. The van der Waals surface area contributed by atoms with Crippen LogP contribution in [0.5, 0.6) is 11.5 Å². The first-order valence-corrected chi connectivity index (χ1v) is 10.6. The molecule has 0 radical (unpaired) electrons. The number of ether oxygens (including phenoxy) is 2. The maximum Gasteiger partial charge on any atom is 0.260 e. The summed E-state index contributed by atoms with van der Waals surface area (Å²) in [6.07, 6.45) is 2.47. The van der Waals surface area contributed by atoms with E-state index in [1.54, 1.807) is 44.2 Å². The van der Waals surface area contributed by atoms with Crippen LogP contribution in [-0.4, -0.2) is 47.6 Å². The van der Waals surface area contributed by atoms with Crippen molar-refractivity contribution in [3.8, 4) is 11.5 Å². The van der Waals surface area contributed by atoms with E-state index in [1.807, 2.05) is 6.07 Å². The van der Waals surface area contributed by atoms with Gasteiger partial charge in [0.2, 0.25) is 10.0 Å². The molecule has 0 saturated heterocycles. The number of para-hydroxylation sites is 2. The third kappa shape index (κ3) is 5.47. The van der Waals surface area contributed by atoms with Crippen LogP contribution in [0.2, 0.25) is 0 Å². The van der Waals surface area contributed by atoms with Crippen LogP contribution in [0.1, 0.15) is 16.7 Å². The highest BCUT2D eigenvalue weighted by Gasteiger charge is 2.23. The van der Waals surface area contributed by atoms with E-state index in [2.05, 4.69) is 10.5 Å². The van der Waals surface area contributed by atoms with Gasteiger partial charge in [0.15, 0.2) is 11.5 Å². The Labute approximate surface area is 171 Å². The van der Waals surface area contributed by atoms with E-state index >= 15 is 0 Å². The highest BCUT2D eigenvalue weighted by molar-refractivity contribution is 7.92. The zero-order valence-corrected chi connectivity index (χ0v) is 17.9. The summed E-state index contributed by atoms with van der Waals surface area (Å²) in [6, 6.07) is 10.7. The van der Waals surface area contributed by atoms with Crippen LogP contribution >= 0.6 is 0 Å². The second-order valence-electron chi connectivity index (χ2n) is 6.39. The number of hydrazone groups is 1. The molecule has 1 amide bonds. The van der Waals surface area contributed by atoms with Crippen LogP contribution in [0, 0.1) is 13.8 Å². The molecule has 0 fully saturated rings. The molecule has 0 aliphatic heterocycles. The van der Waals surface area contributed by atoms with E-state index in [-0.39, 0.29) is 0 Å². The van der Waals surface area contributed by atoms with Gasteiger partial charge in [0.05, 0.1) is 32.4 Å². The Kier molecular flexibility index (Phi) is 7.22. The molecule has 9 heteroatoms. The van der Waals surface area contributed by atoms with E-state index in [0.29, 0.717) is 22.7 Å². The molecule has 0 unspecified atom stereocenters.